The Morgan fingerprint density at radius 3 is 2.59 bits per heavy atom. The molecule has 1 rings (SSSR count). The van der Waals surface area contributed by atoms with Gasteiger partial charge in [-0.3, -0.25) is 4.79 Å². The van der Waals surface area contributed by atoms with Crippen LogP contribution in [0.3, 0.4) is 0 Å². The summed E-state index contributed by atoms with van der Waals surface area (Å²) in [6.07, 6.45) is 0.722. The number of carbonyl (C=O) groups excluding carboxylic acids is 1. The van der Waals surface area contributed by atoms with Gasteiger partial charge in [-0.05, 0) is 25.5 Å². The first kappa shape index (κ1) is 13.2. The van der Waals surface area contributed by atoms with Crippen LogP contribution in [0.15, 0.2) is 18.2 Å². The lowest BCUT2D eigenvalue weighted by Crippen LogP contribution is -2.21. The molecule has 1 unspecified atom stereocenters. The third-order valence-corrected chi connectivity index (χ3v) is 2.72. The van der Waals surface area contributed by atoms with E-state index in [1.54, 1.807) is 18.2 Å². The van der Waals surface area contributed by atoms with E-state index in [-0.39, 0.29) is 17.4 Å². The van der Waals surface area contributed by atoms with Gasteiger partial charge in [0.15, 0.2) is 0 Å². The summed E-state index contributed by atoms with van der Waals surface area (Å²) in [5.74, 6) is -1.31. The fraction of sp³-hybridized carbons (Fsp3) is 0.385. The van der Waals surface area contributed by atoms with E-state index in [0.29, 0.717) is 5.69 Å². The lowest BCUT2D eigenvalue weighted by atomic mass is 10.1. The van der Waals surface area contributed by atoms with Gasteiger partial charge < -0.3 is 10.4 Å². The van der Waals surface area contributed by atoms with Crippen LogP contribution in [0.1, 0.15) is 36.2 Å². The summed E-state index contributed by atoms with van der Waals surface area (Å²) in [6.45, 7) is 5.54. The van der Waals surface area contributed by atoms with Crippen LogP contribution < -0.4 is 5.32 Å². The Morgan fingerprint density at radius 2 is 2.06 bits per heavy atom. The molecule has 17 heavy (non-hydrogen) atoms. The number of amides is 1. The topological polar surface area (TPSA) is 66.4 Å². The standard InChI is InChI=1S/C13H17NO3/c1-4-9(3)12(15)14-11-6-5-8(2)7-10(11)13(16)17/h5-7,9H,4H2,1-3H3,(H,14,15)(H,16,17). The smallest absolute Gasteiger partial charge is 0.337 e. The van der Waals surface area contributed by atoms with E-state index in [1.165, 1.54) is 0 Å². The van der Waals surface area contributed by atoms with E-state index in [4.69, 9.17) is 5.11 Å². The lowest BCUT2D eigenvalue weighted by molar-refractivity contribution is -0.119. The predicted octanol–water partition coefficient (Wildman–Crippen LogP) is 2.68. The van der Waals surface area contributed by atoms with Crippen LogP contribution in [0.2, 0.25) is 0 Å². The number of rotatable bonds is 4. The minimum atomic E-state index is -1.03. The Hall–Kier alpha value is -1.84. The summed E-state index contributed by atoms with van der Waals surface area (Å²) in [6, 6.07) is 4.95. The van der Waals surface area contributed by atoms with Crippen LogP contribution in [0.25, 0.3) is 0 Å². The van der Waals surface area contributed by atoms with Gasteiger partial charge in [0, 0.05) is 5.92 Å². The lowest BCUT2D eigenvalue weighted by Gasteiger charge is -2.12. The van der Waals surface area contributed by atoms with Gasteiger partial charge in [0.1, 0.15) is 0 Å². The van der Waals surface area contributed by atoms with Crippen LogP contribution in [0.5, 0.6) is 0 Å². The normalized spacial score (nSPS) is 11.9. The zero-order valence-electron chi connectivity index (χ0n) is 10.3. The molecule has 0 fully saturated rings. The number of nitrogens with one attached hydrogen (secondary N) is 1. The molecule has 0 aliphatic heterocycles. The monoisotopic (exact) mass is 235 g/mol. The zero-order chi connectivity index (χ0) is 13.0. The number of carbonyl (C=O) groups is 2. The van der Waals surface area contributed by atoms with Crippen molar-refractivity contribution in [3.63, 3.8) is 0 Å². The molecule has 1 amide bonds. The number of carboxylic acids is 1. The molecule has 0 spiro atoms. The summed E-state index contributed by atoms with van der Waals surface area (Å²) in [5.41, 5.74) is 1.33. The third kappa shape index (κ3) is 3.31. The molecular weight excluding hydrogens is 218 g/mol. The first-order valence-corrected chi connectivity index (χ1v) is 5.60. The van der Waals surface area contributed by atoms with Crippen molar-refractivity contribution in [2.24, 2.45) is 5.92 Å². The van der Waals surface area contributed by atoms with Crippen LogP contribution in [-0.4, -0.2) is 17.0 Å². The molecule has 1 atom stereocenters. The van der Waals surface area contributed by atoms with E-state index in [2.05, 4.69) is 5.32 Å². The molecule has 0 aliphatic rings. The van der Waals surface area contributed by atoms with Gasteiger partial charge >= 0.3 is 5.97 Å². The van der Waals surface area contributed by atoms with Crippen molar-refractivity contribution in [3.05, 3.63) is 29.3 Å². The molecular formula is C13H17NO3. The van der Waals surface area contributed by atoms with Gasteiger partial charge in [-0.2, -0.15) is 0 Å². The summed E-state index contributed by atoms with van der Waals surface area (Å²) >= 11 is 0. The Morgan fingerprint density at radius 1 is 1.41 bits per heavy atom. The van der Waals surface area contributed by atoms with Crippen LogP contribution >= 0.6 is 0 Å². The average molecular weight is 235 g/mol. The number of hydrogen-bond acceptors (Lipinski definition) is 2. The first-order chi connectivity index (χ1) is 7.95. The molecule has 0 aromatic heterocycles. The highest BCUT2D eigenvalue weighted by Gasteiger charge is 2.15. The van der Waals surface area contributed by atoms with Crippen molar-refractivity contribution >= 4 is 17.6 Å². The summed E-state index contributed by atoms with van der Waals surface area (Å²) in [5, 5.41) is 11.7. The number of aromatic carboxylic acids is 1. The second kappa shape index (κ2) is 5.48. The molecule has 92 valence electrons. The molecule has 1 aromatic rings. The molecule has 4 heteroatoms. The predicted molar refractivity (Wildman–Crippen MR) is 66.2 cm³/mol. The van der Waals surface area contributed by atoms with E-state index in [9.17, 15) is 9.59 Å². The first-order valence-electron chi connectivity index (χ1n) is 5.60. The van der Waals surface area contributed by atoms with E-state index in [0.717, 1.165) is 12.0 Å². The summed E-state index contributed by atoms with van der Waals surface area (Å²) in [7, 11) is 0. The maximum Gasteiger partial charge on any atom is 0.337 e. The van der Waals surface area contributed by atoms with E-state index < -0.39 is 5.97 Å². The molecule has 0 saturated heterocycles. The van der Waals surface area contributed by atoms with Gasteiger partial charge in [-0.15, -0.1) is 0 Å². The van der Waals surface area contributed by atoms with Crippen molar-refractivity contribution < 1.29 is 14.7 Å². The van der Waals surface area contributed by atoms with Gasteiger partial charge in [-0.25, -0.2) is 4.79 Å². The highest BCUT2D eigenvalue weighted by atomic mass is 16.4. The van der Waals surface area contributed by atoms with Gasteiger partial charge in [-0.1, -0.05) is 25.5 Å². The minimum absolute atomic E-state index is 0.127. The molecule has 2 N–H and O–H groups in total. The Bertz CT molecular complexity index is 440. The Balaban J connectivity index is 2.98. The van der Waals surface area contributed by atoms with Gasteiger partial charge in [0.25, 0.3) is 0 Å². The average Bonchev–Trinajstić information content (AvgIpc) is 2.29. The van der Waals surface area contributed by atoms with E-state index in [1.807, 2.05) is 20.8 Å². The minimum Gasteiger partial charge on any atom is -0.478 e. The number of carboxylic acid groups (broad SMARTS) is 1. The fourth-order valence-electron chi connectivity index (χ4n) is 1.39. The number of hydrogen-bond donors (Lipinski definition) is 2. The van der Waals surface area contributed by atoms with Crippen LogP contribution in [-0.2, 0) is 4.79 Å². The highest BCUT2D eigenvalue weighted by Crippen LogP contribution is 2.18. The Kier molecular flexibility index (Phi) is 4.26. The molecule has 0 heterocycles. The quantitative estimate of drug-likeness (QED) is 0.843. The largest absolute Gasteiger partial charge is 0.478 e. The molecule has 0 radical (unpaired) electrons. The van der Waals surface area contributed by atoms with Crippen molar-refractivity contribution in [1.29, 1.82) is 0 Å². The van der Waals surface area contributed by atoms with Crippen molar-refractivity contribution in [2.75, 3.05) is 5.32 Å². The Labute approximate surface area is 101 Å². The van der Waals surface area contributed by atoms with Crippen LogP contribution in [0.4, 0.5) is 5.69 Å². The maximum absolute atomic E-state index is 11.7. The molecule has 4 nitrogen and oxygen atoms in total. The zero-order valence-corrected chi connectivity index (χ0v) is 10.3. The van der Waals surface area contributed by atoms with Crippen molar-refractivity contribution in [1.82, 2.24) is 0 Å². The SMILES string of the molecule is CCC(C)C(=O)Nc1ccc(C)cc1C(=O)O. The van der Waals surface area contributed by atoms with Gasteiger partial charge in [0.2, 0.25) is 5.91 Å². The van der Waals surface area contributed by atoms with Crippen LogP contribution in [0, 0.1) is 12.8 Å². The van der Waals surface area contributed by atoms with Gasteiger partial charge in [0.05, 0.1) is 11.3 Å². The number of aryl methyl sites for hydroxylation is 1. The number of benzene rings is 1. The molecule has 0 aliphatic carbocycles. The van der Waals surface area contributed by atoms with Crippen molar-refractivity contribution in [2.45, 2.75) is 27.2 Å². The fourth-order valence-corrected chi connectivity index (χ4v) is 1.39. The second-order valence-corrected chi connectivity index (χ2v) is 4.15. The molecule has 0 bridgehead atoms. The molecule has 0 saturated carbocycles. The summed E-state index contributed by atoms with van der Waals surface area (Å²) < 4.78 is 0. The number of anilines is 1. The second-order valence-electron chi connectivity index (χ2n) is 4.15. The van der Waals surface area contributed by atoms with E-state index >= 15 is 0 Å². The van der Waals surface area contributed by atoms with Crippen molar-refractivity contribution in [3.8, 4) is 0 Å². The maximum atomic E-state index is 11.7. The summed E-state index contributed by atoms with van der Waals surface area (Å²) in [4.78, 5) is 22.7. The highest BCUT2D eigenvalue weighted by molar-refractivity contribution is 6.01. The molecule has 1 aromatic carbocycles. The third-order valence-electron chi connectivity index (χ3n) is 2.72.